The highest BCUT2D eigenvalue weighted by Gasteiger charge is 2.08. The zero-order valence-corrected chi connectivity index (χ0v) is 14.9. The highest BCUT2D eigenvalue weighted by atomic mass is 16.6. The summed E-state index contributed by atoms with van der Waals surface area (Å²) >= 11 is 0. The quantitative estimate of drug-likeness (QED) is 0.293. The minimum atomic E-state index is -0.976. The van der Waals surface area contributed by atoms with Gasteiger partial charge < -0.3 is 20.2 Å². The zero-order valence-electron chi connectivity index (χ0n) is 14.9. The molecule has 1 heterocycles. The number of furan rings is 1. The second kappa shape index (κ2) is 8.83. The molecule has 0 saturated heterocycles. The molecule has 0 aliphatic heterocycles. The average Bonchev–Trinajstić information content (AvgIpc) is 3.17. The molecule has 0 saturated carbocycles. The predicted molar refractivity (Wildman–Crippen MR) is 104 cm³/mol. The number of anilines is 1. The van der Waals surface area contributed by atoms with Gasteiger partial charge in [0.15, 0.2) is 0 Å². The van der Waals surface area contributed by atoms with E-state index in [1.54, 1.807) is 30.3 Å². The molecule has 144 valence electrons. The number of nitro groups is 1. The summed E-state index contributed by atoms with van der Waals surface area (Å²) in [7, 11) is 0. The van der Waals surface area contributed by atoms with Gasteiger partial charge in [-0.15, -0.1) is 0 Å². The smallest absolute Gasteiger partial charge is 0.335 e. The molecule has 0 atom stereocenters. The van der Waals surface area contributed by atoms with Crippen LogP contribution in [0.15, 0.2) is 65.1 Å². The van der Waals surface area contributed by atoms with Crippen LogP contribution in [0.3, 0.4) is 0 Å². The first-order chi connectivity index (χ1) is 13.5. The highest BCUT2D eigenvalue weighted by Crippen LogP contribution is 2.23. The first-order valence-electron chi connectivity index (χ1n) is 8.64. The topological polar surface area (TPSA) is 118 Å². The Kier molecular flexibility index (Phi) is 6.03. The van der Waals surface area contributed by atoms with Gasteiger partial charge in [-0.1, -0.05) is 12.1 Å². The molecule has 0 spiro atoms. The van der Waals surface area contributed by atoms with E-state index in [0.29, 0.717) is 31.0 Å². The molecule has 0 fully saturated rings. The van der Waals surface area contributed by atoms with Crippen LogP contribution in [0.2, 0.25) is 0 Å². The van der Waals surface area contributed by atoms with E-state index >= 15 is 0 Å². The minimum absolute atomic E-state index is 0.0613. The summed E-state index contributed by atoms with van der Waals surface area (Å²) in [6.45, 7) is 1.84. The van der Waals surface area contributed by atoms with Crippen molar-refractivity contribution in [2.75, 3.05) is 18.4 Å². The number of aromatic carboxylic acids is 1. The van der Waals surface area contributed by atoms with Crippen LogP contribution in [0.25, 0.3) is 11.3 Å². The molecule has 8 heteroatoms. The molecule has 0 aliphatic rings. The number of nitrogens with zero attached hydrogens (tertiary/aromatic N) is 1. The van der Waals surface area contributed by atoms with Gasteiger partial charge in [-0.3, -0.25) is 10.1 Å². The number of non-ortho nitro benzene ring substituents is 1. The molecule has 3 rings (SSSR count). The molecule has 3 N–H and O–H groups in total. The number of benzene rings is 2. The van der Waals surface area contributed by atoms with Crippen molar-refractivity contribution in [3.8, 4) is 11.3 Å². The Morgan fingerprint density at radius 2 is 1.86 bits per heavy atom. The van der Waals surface area contributed by atoms with Gasteiger partial charge in [0.2, 0.25) is 0 Å². The summed E-state index contributed by atoms with van der Waals surface area (Å²) in [5.74, 6) is 0.380. The lowest BCUT2D eigenvalue weighted by Crippen LogP contribution is -2.21. The number of carboxylic acid groups (broad SMARTS) is 1. The molecule has 0 aliphatic carbocycles. The van der Waals surface area contributed by atoms with Gasteiger partial charge in [0.1, 0.15) is 11.5 Å². The normalized spacial score (nSPS) is 10.6. The molecule has 2 aromatic carbocycles. The number of hydrogen-bond acceptors (Lipinski definition) is 6. The number of carboxylic acids is 1. The van der Waals surface area contributed by atoms with Crippen LogP contribution in [0.4, 0.5) is 11.4 Å². The van der Waals surface area contributed by atoms with Crippen molar-refractivity contribution in [1.82, 2.24) is 5.32 Å². The second-order valence-electron chi connectivity index (χ2n) is 6.06. The zero-order chi connectivity index (χ0) is 19.9. The Morgan fingerprint density at radius 3 is 2.57 bits per heavy atom. The predicted octanol–water partition coefficient (Wildman–Crippen LogP) is 3.75. The molecule has 28 heavy (non-hydrogen) atoms. The van der Waals surface area contributed by atoms with Crippen molar-refractivity contribution in [1.29, 1.82) is 0 Å². The fourth-order valence-corrected chi connectivity index (χ4v) is 2.64. The van der Waals surface area contributed by atoms with Crippen molar-refractivity contribution < 1.29 is 19.2 Å². The van der Waals surface area contributed by atoms with E-state index in [1.807, 2.05) is 12.1 Å². The van der Waals surface area contributed by atoms with Crippen LogP contribution in [-0.4, -0.2) is 29.1 Å². The largest absolute Gasteiger partial charge is 0.478 e. The van der Waals surface area contributed by atoms with E-state index in [1.165, 1.54) is 18.2 Å². The van der Waals surface area contributed by atoms with Crippen LogP contribution >= 0.6 is 0 Å². The Bertz CT molecular complexity index is 966. The average molecular weight is 381 g/mol. The Labute approximate surface area is 161 Å². The van der Waals surface area contributed by atoms with Crippen molar-refractivity contribution in [2.24, 2.45) is 0 Å². The summed E-state index contributed by atoms with van der Waals surface area (Å²) in [5, 5.41) is 26.1. The lowest BCUT2D eigenvalue weighted by molar-refractivity contribution is -0.384. The number of carbonyl (C=O) groups is 1. The van der Waals surface area contributed by atoms with Crippen LogP contribution in [0.1, 0.15) is 16.1 Å². The van der Waals surface area contributed by atoms with Crippen LogP contribution in [0.5, 0.6) is 0 Å². The minimum Gasteiger partial charge on any atom is -0.478 e. The highest BCUT2D eigenvalue weighted by molar-refractivity contribution is 5.89. The van der Waals surface area contributed by atoms with Crippen LogP contribution in [0, 0.1) is 10.1 Å². The molecule has 0 bridgehead atoms. The van der Waals surface area contributed by atoms with Crippen LogP contribution < -0.4 is 10.6 Å². The third-order valence-electron chi connectivity index (χ3n) is 4.06. The van der Waals surface area contributed by atoms with E-state index in [-0.39, 0.29) is 11.3 Å². The Balaban J connectivity index is 1.45. The maximum absolute atomic E-state index is 11.1. The third kappa shape index (κ3) is 4.95. The SMILES string of the molecule is O=C(O)c1cccc(-c2ccc(CNCCNc3ccc([N+](=O)[O-])cc3)o2)c1. The maximum Gasteiger partial charge on any atom is 0.335 e. The lowest BCUT2D eigenvalue weighted by atomic mass is 10.1. The second-order valence-corrected chi connectivity index (χ2v) is 6.06. The van der Waals surface area contributed by atoms with E-state index < -0.39 is 10.9 Å². The summed E-state index contributed by atoms with van der Waals surface area (Å²) in [6, 6.07) is 16.5. The number of nitro benzene ring substituents is 1. The fourth-order valence-electron chi connectivity index (χ4n) is 2.64. The van der Waals surface area contributed by atoms with E-state index in [0.717, 1.165) is 11.4 Å². The summed E-state index contributed by atoms with van der Waals surface area (Å²) in [6.07, 6.45) is 0. The lowest BCUT2D eigenvalue weighted by Gasteiger charge is -2.07. The van der Waals surface area contributed by atoms with Gasteiger partial charge in [-0.2, -0.15) is 0 Å². The summed E-state index contributed by atoms with van der Waals surface area (Å²) in [5.41, 5.74) is 1.80. The first kappa shape index (κ1) is 19.1. The molecular weight excluding hydrogens is 362 g/mol. The van der Waals surface area contributed by atoms with E-state index in [4.69, 9.17) is 9.52 Å². The summed E-state index contributed by atoms with van der Waals surface area (Å²) in [4.78, 5) is 21.3. The number of nitrogens with one attached hydrogen (secondary N) is 2. The monoisotopic (exact) mass is 381 g/mol. The molecule has 8 nitrogen and oxygen atoms in total. The third-order valence-corrected chi connectivity index (χ3v) is 4.06. The standard InChI is InChI=1S/C20H19N3O5/c24-20(25)15-3-1-2-14(12-15)19-9-8-18(28-19)13-21-10-11-22-16-4-6-17(7-5-16)23(26)27/h1-9,12,21-22H,10-11,13H2,(H,24,25). The molecule has 3 aromatic rings. The molecule has 1 aromatic heterocycles. The Morgan fingerprint density at radius 1 is 1.07 bits per heavy atom. The van der Waals surface area contributed by atoms with E-state index in [9.17, 15) is 14.9 Å². The van der Waals surface area contributed by atoms with Crippen molar-refractivity contribution >= 4 is 17.3 Å². The number of rotatable bonds is 9. The van der Waals surface area contributed by atoms with Gasteiger partial charge in [-0.25, -0.2) is 4.79 Å². The molecule has 0 radical (unpaired) electrons. The first-order valence-corrected chi connectivity index (χ1v) is 8.64. The van der Waals surface area contributed by atoms with Crippen LogP contribution in [-0.2, 0) is 6.54 Å². The molecular formula is C20H19N3O5. The van der Waals surface area contributed by atoms with Gasteiger partial charge in [-0.05, 0) is 36.4 Å². The van der Waals surface area contributed by atoms with Crippen molar-refractivity contribution in [3.05, 3.63) is 82.1 Å². The van der Waals surface area contributed by atoms with Gasteiger partial charge in [0.05, 0.1) is 17.0 Å². The Hall–Kier alpha value is -3.65. The molecule has 0 unspecified atom stereocenters. The summed E-state index contributed by atoms with van der Waals surface area (Å²) < 4.78 is 5.77. The van der Waals surface area contributed by atoms with Crippen molar-refractivity contribution in [2.45, 2.75) is 6.54 Å². The van der Waals surface area contributed by atoms with Gasteiger partial charge in [0, 0.05) is 36.5 Å². The molecule has 0 amide bonds. The van der Waals surface area contributed by atoms with E-state index in [2.05, 4.69) is 10.6 Å². The van der Waals surface area contributed by atoms with Gasteiger partial charge >= 0.3 is 5.97 Å². The van der Waals surface area contributed by atoms with Crippen molar-refractivity contribution in [3.63, 3.8) is 0 Å². The van der Waals surface area contributed by atoms with Gasteiger partial charge in [0.25, 0.3) is 5.69 Å². The number of hydrogen-bond donors (Lipinski definition) is 3. The maximum atomic E-state index is 11.1. The fraction of sp³-hybridized carbons (Fsp3) is 0.150.